The number of pyridine rings is 2. The van der Waals surface area contributed by atoms with E-state index < -0.39 is 17.5 Å². The summed E-state index contributed by atoms with van der Waals surface area (Å²) in [6.45, 7) is 1.79. The van der Waals surface area contributed by atoms with Gasteiger partial charge in [0.15, 0.2) is 5.60 Å². The van der Waals surface area contributed by atoms with E-state index in [-0.39, 0.29) is 60.3 Å². The smallest absolute Gasteiger partial charge is 0.343 e. The second kappa shape index (κ2) is 7.47. The molecule has 190 valence electrons. The van der Waals surface area contributed by atoms with Crippen molar-refractivity contribution in [3.8, 4) is 11.4 Å². The maximum absolute atomic E-state index is 14.9. The van der Waals surface area contributed by atoms with Gasteiger partial charge in [-0.1, -0.05) is 12.8 Å². The van der Waals surface area contributed by atoms with Gasteiger partial charge >= 0.3 is 5.97 Å². The number of nitrogens with zero attached hydrogens (tertiary/aromatic N) is 2. The monoisotopic (exact) mass is 503 g/mol. The van der Waals surface area contributed by atoms with Gasteiger partial charge in [-0.05, 0) is 60.8 Å². The highest BCUT2D eigenvalue weighted by Gasteiger charge is 2.49. The summed E-state index contributed by atoms with van der Waals surface area (Å²) in [4.78, 5) is 43.3. The van der Waals surface area contributed by atoms with Gasteiger partial charge in [-0.2, -0.15) is 0 Å². The van der Waals surface area contributed by atoms with Crippen molar-refractivity contribution in [2.75, 3.05) is 0 Å². The van der Waals surface area contributed by atoms with Crippen LogP contribution in [0, 0.1) is 18.7 Å². The number of fused-ring (bicyclic) bond motifs is 5. The van der Waals surface area contributed by atoms with Crippen molar-refractivity contribution in [2.45, 2.75) is 70.1 Å². The van der Waals surface area contributed by atoms with Crippen LogP contribution in [0.3, 0.4) is 0 Å². The lowest BCUT2D eigenvalue weighted by molar-refractivity contribution is -0.173. The summed E-state index contributed by atoms with van der Waals surface area (Å²) in [5.74, 6) is -1.48. The normalized spacial score (nSPS) is 23.4. The maximum Gasteiger partial charge on any atom is 0.343 e. The highest BCUT2D eigenvalue weighted by molar-refractivity contribution is 5.94. The zero-order chi connectivity index (χ0) is 25.8. The van der Waals surface area contributed by atoms with Crippen molar-refractivity contribution < 1.29 is 23.8 Å². The van der Waals surface area contributed by atoms with Gasteiger partial charge in [0.1, 0.15) is 12.4 Å². The third kappa shape index (κ3) is 3.09. The van der Waals surface area contributed by atoms with Gasteiger partial charge < -0.3 is 20.1 Å². The fourth-order valence-electron chi connectivity index (χ4n) is 6.70. The molecule has 2 unspecified atom stereocenters. The Kier molecular flexibility index (Phi) is 4.56. The Balaban J connectivity index is 1.51. The summed E-state index contributed by atoms with van der Waals surface area (Å²) in [7, 11) is 0. The molecule has 4 heterocycles. The summed E-state index contributed by atoms with van der Waals surface area (Å²) in [6, 6.07) is 3.10. The van der Waals surface area contributed by atoms with Gasteiger partial charge in [-0.25, -0.2) is 14.2 Å². The van der Waals surface area contributed by atoms with Crippen LogP contribution in [0.25, 0.3) is 22.3 Å². The van der Waals surface area contributed by atoms with E-state index in [1.54, 1.807) is 17.6 Å². The number of hydrogen-bond donors (Lipinski definition) is 2. The SMILES string of the molecule is Cc1c(F)cc2nc3c(c4c2c1CCC4CC(N)=O)Cn1c-3cc2c(c1=O)COC(=O)C2(O)CC1CC1. The van der Waals surface area contributed by atoms with E-state index >= 15 is 0 Å². The van der Waals surface area contributed by atoms with E-state index in [9.17, 15) is 23.9 Å². The van der Waals surface area contributed by atoms with Gasteiger partial charge in [0, 0.05) is 29.0 Å². The summed E-state index contributed by atoms with van der Waals surface area (Å²) in [5.41, 5.74) is 8.53. The topological polar surface area (TPSA) is 125 Å². The number of ether oxygens (including phenoxy) is 1. The first-order valence-electron chi connectivity index (χ1n) is 12.8. The number of benzene rings is 1. The van der Waals surface area contributed by atoms with Crippen LogP contribution < -0.4 is 11.3 Å². The number of aromatic nitrogens is 2. The minimum atomic E-state index is -1.89. The molecular weight excluding hydrogens is 477 g/mol. The van der Waals surface area contributed by atoms with Crippen LogP contribution in [-0.4, -0.2) is 26.5 Å². The fourth-order valence-corrected chi connectivity index (χ4v) is 6.70. The van der Waals surface area contributed by atoms with Crippen LogP contribution >= 0.6 is 0 Å². The Labute approximate surface area is 211 Å². The van der Waals surface area contributed by atoms with E-state index in [4.69, 9.17) is 15.5 Å². The first-order valence-corrected chi connectivity index (χ1v) is 12.8. The van der Waals surface area contributed by atoms with Gasteiger partial charge in [0.25, 0.3) is 5.56 Å². The first-order chi connectivity index (χ1) is 17.7. The molecule has 8 nitrogen and oxygen atoms in total. The summed E-state index contributed by atoms with van der Waals surface area (Å²) in [6.07, 6.45) is 3.44. The molecule has 0 bridgehead atoms. The number of amides is 1. The zero-order valence-corrected chi connectivity index (χ0v) is 20.4. The molecule has 2 aromatic heterocycles. The number of aryl methyl sites for hydroxylation is 1. The lowest BCUT2D eigenvalue weighted by atomic mass is 9.77. The second-order valence-corrected chi connectivity index (χ2v) is 11.0. The Morgan fingerprint density at radius 1 is 1.24 bits per heavy atom. The average molecular weight is 504 g/mol. The van der Waals surface area contributed by atoms with Crippen molar-refractivity contribution >= 4 is 22.8 Å². The molecule has 3 N–H and O–H groups in total. The molecule has 4 aliphatic rings. The molecule has 1 aromatic carbocycles. The fraction of sp³-hybridized carbons (Fsp3) is 0.429. The standard InChI is InChI=1S/C28H26FN3O5/c1-12-15-5-4-14(6-22(30)33)23-16-10-32-21(25(16)31-20(24(15)23)8-19(12)29)7-18-17(26(32)34)11-37-27(35)28(18,36)9-13-2-3-13/h7-8,13-14,36H,2-6,9-11H2,1H3,(H2,30,33). The number of carbonyl (C=O) groups is 2. The van der Waals surface area contributed by atoms with Crippen molar-refractivity contribution in [1.29, 1.82) is 0 Å². The zero-order valence-electron chi connectivity index (χ0n) is 20.4. The Morgan fingerprint density at radius 2 is 2.03 bits per heavy atom. The number of carbonyl (C=O) groups excluding carboxylic acids is 2. The number of rotatable bonds is 4. The van der Waals surface area contributed by atoms with Crippen molar-refractivity contribution in [1.82, 2.24) is 9.55 Å². The predicted molar refractivity (Wildman–Crippen MR) is 131 cm³/mol. The lowest BCUT2D eigenvalue weighted by Crippen LogP contribution is -2.45. The molecule has 9 heteroatoms. The molecule has 7 rings (SSSR count). The van der Waals surface area contributed by atoms with Gasteiger partial charge in [-0.15, -0.1) is 0 Å². The number of halogens is 1. The van der Waals surface area contributed by atoms with Crippen LogP contribution in [0.2, 0.25) is 0 Å². The van der Waals surface area contributed by atoms with E-state index in [0.717, 1.165) is 34.9 Å². The van der Waals surface area contributed by atoms with Crippen LogP contribution in [0.5, 0.6) is 0 Å². The van der Waals surface area contributed by atoms with Crippen LogP contribution in [-0.2, 0) is 39.5 Å². The lowest BCUT2D eigenvalue weighted by Gasteiger charge is -2.32. The highest BCUT2D eigenvalue weighted by atomic mass is 19.1. The van der Waals surface area contributed by atoms with Gasteiger partial charge in [-0.3, -0.25) is 9.59 Å². The van der Waals surface area contributed by atoms with E-state index in [0.29, 0.717) is 35.3 Å². The van der Waals surface area contributed by atoms with Crippen molar-refractivity contribution in [3.63, 3.8) is 0 Å². The molecule has 0 radical (unpaired) electrons. The minimum absolute atomic E-state index is 0.145. The predicted octanol–water partition coefficient (Wildman–Crippen LogP) is 2.82. The first kappa shape index (κ1) is 22.6. The molecular formula is C28H26FN3O5. The van der Waals surface area contributed by atoms with E-state index in [2.05, 4.69) is 0 Å². The van der Waals surface area contributed by atoms with E-state index in [1.165, 1.54) is 6.07 Å². The number of primary amides is 1. The number of cyclic esters (lactones) is 1. The number of aliphatic hydroxyl groups is 1. The summed E-state index contributed by atoms with van der Waals surface area (Å²) in [5, 5.41) is 12.3. The van der Waals surface area contributed by atoms with Crippen molar-refractivity contribution in [3.05, 3.63) is 61.7 Å². The number of nitrogens with two attached hydrogens (primary N) is 1. The maximum atomic E-state index is 14.9. The molecule has 1 fully saturated rings. The van der Waals surface area contributed by atoms with Crippen LogP contribution in [0.4, 0.5) is 4.39 Å². The quantitative estimate of drug-likeness (QED) is 0.413. The molecule has 1 saturated carbocycles. The molecule has 1 amide bonds. The Morgan fingerprint density at radius 3 is 2.76 bits per heavy atom. The van der Waals surface area contributed by atoms with Crippen LogP contribution in [0.1, 0.15) is 71.4 Å². The molecule has 3 aromatic rings. The average Bonchev–Trinajstić information content (AvgIpc) is 3.58. The second-order valence-electron chi connectivity index (χ2n) is 11.0. The summed E-state index contributed by atoms with van der Waals surface area (Å²) >= 11 is 0. The minimum Gasteiger partial charge on any atom is -0.458 e. The summed E-state index contributed by atoms with van der Waals surface area (Å²) < 4.78 is 21.8. The van der Waals surface area contributed by atoms with Gasteiger partial charge in [0.2, 0.25) is 5.91 Å². The Bertz CT molecular complexity index is 1640. The highest BCUT2D eigenvalue weighted by Crippen LogP contribution is 2.48. The molecule has 2 aliphatic heterocycles. The third-order valence-corrected chi connectivity index (χ3v) is 8.71. The number of hydrogen-bond acceptors (Lipinski definition) is 6. The van der Waals surface area contributed by atoms with E-state index in [1.807, 2.05) is 0 Å². The van der Waals surface area contributed by atoms with Gasteiger partial charge in [0.05, 0.1) is 29.0 Å². The molecule has 2 aliphatic carbocycles. The molecule has 2 atom stereocenters. The number of esters is 1. The largest absolute Gasteiger partial charge is 0.458 e. The van der Waals surface area contributed by atoms with Crippen molar-refractivity contribution in [2.24, 2.45) is 11.7 Å². The Hall–Kier alpha value is -3.59. The van der Waals surface area contributed by atoms with Crippen LogP contribution in [0.15, 0.2) is 16.9 Å². The molecule has 37 heavy (non-hydrogen) atoms. The molecule has 0 spiro atoms. The molecule has 0 saturated heterocycles. The third-order valence-electron chi connectivity index (χ3n) is 8.71.